The molecule has 0 aliphatic heterocycles. The van der Waals surface area contributed by atoms with E-state index in [1.54, 1.807) is 0 Å². The summed E-state index contributed by atoms with van der Waals surface area (Å²) in [5.74, 6) is 0. The highest BCUT2D eigenvalue weighted by molar-refractivity contribution is 9.09. The van der Waals surface area contributed by atoms with Gasteiger partial charge in [-0.1, -0.05) is 39.7 Å². The van der Waals surface area contributed by atoms with Crippen LogP contribution in [0, 0.1) is 13.8 Å². The Labute approximate surface area is 121 Å². The zero-order valence-corrected chi connectivity index (χ0v) is 12.8. The van der Waals surface area contributed by atoms with Crippen molar-refractivity contribution in [2.75, 3.05) is 0 Å². The van der Waals surface area contributed by atoms with Crippen molar-refractivity contribution in [2.24, 2.45) is 0 Å². The molecule has 2 aromatic rings. The molecule has 18 heavy (non-hydrogen) atoms. The molecule has 1 aromatic carbocycles. The number of halogens is 2. The van der Waals surface area contributed by atoms with Crippen LogP contribution in [0.5, 0.6) is 0 Å². The maximum atomic E-state index is 5.98. The molecule has 1 aromatic heterocycles. The molecule has 0 saturated heterocycles. The van der Waals surface area contributed by atoms with E-state index in [0.717, 1.165) is 17.1 Å². The third-order valence-corrected chi connectivity index (χ3v) is 4.11. The topological polar surface area (TPSA) is 12.9 Å². The molecule has 1 heterocycles. The number of aromatic nitrogens is 1. The van der Waals surface area contributed by atoms with Crippen LogP contribution in [0.15, 0.2) is 36.5 Å². The monoisotopic (exact) mass is 323 g/mol. The number of rotatable bonds is 3. The second-order valence-electron chi connectivity index (χ2n) is 4.44. The van der Waals surface area contributed by atoms with Gasteiger partial charge in [0.25, 0.3) is 0 Å². The first-order chi connectivity index (χ1) is 8.58. The van der Waals surface area contributed by atoms with E-state index in [9.17, 15) is 0 Å². The Morgan fingerprint density at radius 3 is 2.67 bits per heavy atom. The van der Waals surface area contributed by atoms with Crippen LogP contribution in [0.2, 0.25) is 5.02 Å². The minimum absolute atomic E-state index is 0.267. The van der Waals surface area contributed by atoms with E-state index in [1.807, 2.05) is 24.4 Å². The summed E-state index contributed by atoms with van der Waals surface area (Å²) in [4.78, 5) is 4.70. The summed E-state index contributed by atoms with van der Waals surface area (Å²) in [6, 6.07) is 10.1. The first kappa shape index (κ1) is 13.6. The second kappa shape index (κ2) is 5.85. The molecule has 0 bridgehead atoms. The standard InChI is InChI=1S/C15H15BrClN/c1-10-4-3-7-18-15(10)9-14(16)13-6-5-12(17)8-11(13)2/h3-8,14H,9H2,1-2H3. The van der Waals surface area contributed by atoms with Crippen LogP contribution >= 0.6 is 27.5 Å². The Morgan fingerprint density at radius 2 is 2.00 bits per heavy atom. The third kappa shape index (κ3) is 3.12. The summed E-state index contributed by atoms with van der Waals surface area (Å²) in [5.41, 5.74) is 4.84. The van der Waals surface area contributed by atoms with Crippen LogP contribution in [0.4, 0.5) is 0 Å². The molecular weight excluding hydrogens is 310 g/mol. The van der Waals surface area contributed by atoms with Gasteiger partial charge in [-0.15, -0.1) is 0 Å². The largest absolute Gasteiger partial charge is 0.261 e. The summed E-state index contributed by atoms with van der Waals surface area (Å²) < 4.78 is 0. The highest BCUT2D eigenvalue weighted by Crippen LogP contribution is 2.31. The van der Waals surface area contributed by atoms with Crippen LogP contribution < -0.4 is 0 Å². The fourth-order valence-corrected chi connectivity index (χ4v) is 3.05. The minimum atomic E-state index is 0.267. The van der Waals surface area contributed by atoms with E-state index in [2.05, 4.69) is 46.9 Å². The third-order valence-electron chi connectivity index (χ3n) is 3.06. The summed E-state index contributed by atoms with van der Waals surface area (Å²) in [6.07, 6.45) is 2.73. The van der Waals surface area contributed by atoms with Gasteiger partial charge < -0.3 is 0 Å². The van der Waals surface area contributed by atoms with Crippen molar-refractivity contribution in [3.63, 3.8) is 0 Å². The number of pyridine rings is 1. The Hall–Kier alpha value is -0.860. The number of hydrogen-bond donors (Lipinski definition) is 0. The molecule has 0 aliphatic carbocycles. The lowest BCUT2D eigenvalue weighted by molar-refractivity contribution is 0.885. The van der Waals surface area contributed by atoms with Gasteiger partial charge in [0.1, 0.15) is 0 Å². The van der Waals surface area contributed by atoms with Crippen molar-refractivity contribution < 1.29 is 0 Å². The zero-order chi connectivity index (χ0) is 13.1. The Morgan fingerprint density at radius 1 is 1.22 bits per heavy atom. The van der Waals surface area contributed by atoms with Crippen LogP contribution in [-0.4, -0.2) is 4.98 Å². The fourth-order valence-electron chi connectivity index (χ4n) is 2.00. The molecule has 0 radical (unpaired) electrons. The normalized spacial score (nSPS) is 12.4. The van der Waals surface area contributed by atoms with Gasteiger partial charge in [-0.25, -0.2) is 0 Å². The predicted molar refractivity (Wildman–Crippen MR) is 80.5 cm³/mol. The molecule has 0 amide bonds. The Bertz CT molecular complexity index is 554. The van der Waals surface area contributed by atoms with Gasteiger partial charge in [0.05, 0.1) is 0 Å². The van der Waals surface area contributed by atoms with Gasteiger partial charge in [-0.3, -0.25) is 4.98 Å². The van der Waals surface area contributed by atoms with E-state index in [-0.39, 0.29) is 4.83 Å². The molecule has 0 spiro atoms. The van der Waals surface area contributed by atoms with Gasteiger partial charge in [-0.2, -0.15) is 0 Å². The number of alkyl halides is 1. The lowest BCUT2D eigenvalue weighted by atomic mass is 10.0. The molecule has 1 nitrogen and oxygen atoms in total. The summed E-state index contributed by atoms with van der Waals surface area (Å²) in [6.45, 7) is 4.18. The number of nitrogens with zero attached hydrogens (tertiary/aromatic N) is 1. The van der Waals surface area contributed by atoms with Crippen LogP contribution in [0.25, 0.3) is 0 Å². The van der Waals surface area contributed by atoms with Crippen LogP contribution in [0.1, 0.15) is 27.2 Å². The SMILES string of the molecule is Cc1cc(Cl)ccc1C(Br)Cc1ncccc1C. The summed E-state index contributed by atoms with van der Waals surface area (Å²) in [5, 5.41) is 0.782. The number of hydrogen-bond acceptors (Lipinski definition) is 1. The van der Waals surface area contributed by atoms with Gasteiger partial charge in [0.15, 0.2) is 0 Å². The highest BCUT2D eigenvalue weighted by atomic mass is 79.9. The maximum Gasteiger partial charge on any atom is 0.0453 e. The Balaban J connectivity index is 2.22. The smallest absolute Gasteiger partial charge is 0.0453 e. The quantitative estimate of drug-likeness (QED) is 0.722. The van der Waals surface area contributed by atoms with Gasteiger partial charge >= 0.3 is 0 Å². The van der Waals surface area contributed by atoms with E-state index >= 15 is 0 Å². The highest BCUT2D eigenvalue weighted by Gasteiger charge is 2.13. The molecule has 3 heteroatoms. The molecule has 1 atom stereocenters. The van der Waals surface area contributed by atoms with Crippen molar-refractivity contribution in [1.29, 1.82) is 0 Å². The average molecular weight is 325 g/mol. The fraction of sp³-hybridized carbons (Fsp3) is 0.267. The Kier molecular flexibility index (Phi) is 4.41. The molecule has 94 valence electrons. The van der Waals surface area contributed by atoms with Crippen molar-refractivity contribution in [1.82, 2.24) is 4.98 Å². The van der Waals surface area contributed by atoms with Gasteiger partial charge in [0.2, 0.25) is 0 Å². The van der Waals surface area contributed by atoms with Crippen molar-refractivity contribution >= 4 is 27.5 Å². The van der Waals surface area contributed by atoms with Gasteiger partial charge in [-0.05, 0) is 48.7 Å². The molecule has 2 rings (SSSR count). The lowest BCUT2D eigenvalue weighted by Gasteiger charge is -2.14. The molecule has 0 N–H and O–H groups in total. The van der Waals surface area contributed by atoms with Crippen molar-refractivity contribution in [3.05, 3.63) is 63.9 Å². The van der Waals surface area contributed by atoms with E-state index in [0.29, 0.717) is 0 Å². The van der Waals surface area contributed by atoms with Gasteiger partial charge in [0, 0.05) is 28.2 Å². The predicted octanol–water partition coefficient (Wildman–Crippen LogP) is 5.03. The molecule has 0 aliphatic rings. The first-order valence-electron chi connectivity index (χ1n) is 5.88. The van der Waals surface area contributed by atoms with Crippen molar-refractivity contribution in [2.45, 2.75) is 25.1 Å². The zero-order valence-electron chi connectivity index (χ0n) is 10.5. The molecular formula is C15H15BrClN. The van der Waals surface area contributed by atoms with E-state index < -0.39 is 0 Å². The molecule has 0 saturated carbocycles. The number of benzene rings is 1. The molecule has 0 fully saturated rings. The van der Waals surface area contributed by atoms with E-state index in [1.165, 1.54) is 16.7 Å². The first-order valence-corrected chi connectivity index (χ1v) is 7.18. The maximum absolute atomic E-state index is 5.98. The second-order valence-corrected chi connectivity index (χ2v) is 5.98. The summed E-state index contributed by atoms with van der Waals surface area (Å²) in [7, 11) is 0. The average Bonchev–Trinajstić information content (AvgIpc) is 2.32. The number of aryl methyl sites for hydroxylation is 2. The summed E-state index contributed by atoms with van der Waals surface area (Å²) >= 11 is 9.73. The lowest BCUT2D eigenvalue weighted by Crippen LogP contribution is -2.01. The molecule has 1 unspecified atom stereocenters. The van der Waals surface area contributed by atoms with E-state index in [4.69, 9.17) is 11.6 Å². The van der Waals surface area contributed by atoms with Crippen molar-refractivity contribution in [3.8, 4) is 0 Å². The van der Waals surface area contributed by atoms with Crippen LogP contribution in [-0.2, 0) is 6.42 Å². The minimum Gasteiger partial charge on any atom is -0.261 e. The van der Waals surface area contributed by atoms with Crippen LogP contribution in [0.3, 0.4) is 0 Å².